The zero-order valence-electron chi connectivity index (χ0n) is 14.4. The van der Waals surface area contributed by atoms with E-state index in [1.165, 1.54) is 27.8 Å². The molecule has 0 spiro atoms. The van der Waals surface area contributed by atoms with Crippen molar-refractivity contribution in [2.24, 2.45) is 0 Å². The molecule has 0 bridgehead atoms. The molecule has 3 aromatic carbocycles. The first-order valence-electron chi connectivity index (χ1n) is 7.70. The van der Waals surface area contributed by atoms with E-state index < -0.39 is 0 Å². The smallest absolute Gasteiger partial charge is 1.00 e. The van der Waals surface area contributed by atoms with Gasteiger partial charge in [0.1, 0.15) is 0 Å². The van der Waals surface area contributed by atoms with Gasteiger partial charge in [-0.25, -0.2) is 12.1 Å². The molecule has 0 atom stereocenters. The van der Waals surface area contributed by atoms with Gasteiger partial charge < -0.3 is 29.6 Å². The second-order valence-electron chi connectivity index (χ2n) is 5.38. The Kier molecular flexibility index (Phi) is 11.2. The van der Waals surface area contributed by atoms with Crippen LogP contribution < -0.4 is 29.6 Å². The molecular weight excluding hydrogens is 430 g/mol. The summed E-state index contributed by atoms with van der Waals surface area (Å²) in [6.07, 6.45) is 2.13. The minimum atomic E-state index is 0. The van der Waals surface area contributed by atoms with Crippen molar-refractivity contribution in [3.8, 4) is 16.9 Å². The Morgan fingerprint density at radius 2 is 1.72 bits per heavy atom. The van der Waals surface area contributed by atoms with Gasteiger partial charge in [-0.05, 0) is 12.0 Å². The SMILES string of the molecule is CC[c-]1cccc1.COc1cc[c-]c2c1-c1ccccc1C2.[Cl-].[Cl-].[Zr+4]. The third-order valence-electron chi connectivity index (χ3n) is 4.05. The van der Waals surface area contributed by atoms with Crippen LogP contribution in [0.1, 0.15) is 23.6 Å². The number of hydrogen-bond donors (Lipinski definition) is 0. The largest absolute Gasteiger partial charge is 4.00 e. The minimum Gasteiger partial charge on any atom is -1.00 e. The van der Waals surface area contributed by atoms with E-state index in [2.05, 4.69) is 61.5 Å². The number of hydrogen-bond acceptors (Lipinski definition) is 1. The van der Waals surface area contributed by atoms with E-state index in [0.717, 1.165) is 18.6 Å². The van der Waals surface area contributed by atoms with Crippen LogP contribution in [0, 0.1) is 6.07 Å². The predicted molar refractivity (Wildman–Crippen MR) is 91.5 cm³/mol. The Labute approximate surface area is 182 Å². The molecule has 0 N–H and O–H groups in total. The first kappa shape index (κ1) is 24.1. The Hall–Kier alpha value is -0.947. The average molecular weight is 451 g/mol. The summed E-state index contributed by atoms with van der Waals surface area (Å²) in [5.41, 5.74) is 6.56. The third kappa shape index (κ3) is 5.51. The van der Waals surface area contributed by atoms with Gasteiger partial charge >= 0.3 is 26.2 Å². The molecule has 25 heavy (non-hydrogen) atoms. The van der Waals surface area contributed by atoms with Gasteiger partial charge in [-0.2, -0.15) is 29.8 Å². The number of ether oxygens (including phenoxy) is 1. The van der Waals surface area contributed by atoms with E-state index >= 15 is 0 Å². The first-order valence-corrected chi connectivity index (χ1v) is 7.70. The van der Waals surface area contributed by atoms with Crippen molar-refractivity contribution in [2.45, 2.75) is 19.8 Å². The maximum atomic E-state index is 5.39. The molecule has 0 fully saturated rings. The standard InChI is InChI=1S/C14H11O.C7H9.2ClH.Zr/c1-15-13-8-4-6-11-9-10-5-2-3-7-12(10)14(11)13;1-2-7-5-3-4-6-7;;;/h2-5,7-8H,9H2,1H3;3-6H,2H2,1H3;2*1H;/q2*-1;;;+4/p-2. The molecule has 0 saturated heterocycles. The van der Waals surface area contributed by atoms with E-state index in [9.17, 15) is 0 Å². The number of halogens is 2. The van der Waals surface area contributed by atoms with E-state index in [1.54, 1.807) is 7.11 Å². The van der Waals surface area contributed by atoms with Crippen LogP contribution in [0.25, 0.3) is 11.1 Å². The minimum absolute atomic E-state index is 0. The summed E-state index contributed by atoms with van der Waals surface area (Å²) >= 11 is 0. The molecule has 0 saturated carbocycles. The fourth-order valence-corrected chi connectivity index (χ4v) is 2.89. The van der Waals surface area contributed by atoms with Crippen molar-refractivity contribution in [3.63, 3.8) is 0 Å². The Morgan fingerprint density at radius 1 is 1.04 bits per heavy atom. The van der Waals surface area contributed by atoms with E-state index in [1.807, 2.05) is 12.1 Å². The molecule has 4 rings (SSSR count). The molecule has 1 aliphatic carbocycles. The quantitative estimate of drug-likeness (QED) is 0.358. The number of rotatable bonds is 2. The summed E-state index contributed by atoms with van der Waals surface area (Å²) in [6, 6.07) is 24.1. The van der Waals surface area contributed by atoms with Crippen LogP contribution in [0.4, 0.5) is 0 Å². The zero-order chi connectivity index (χ0) is 15.4. The van der Waals surface area contributed by atoms with Gasteiger partial charge in [0.05, 0.1) is 7.11 Å². The number of methoxy groups -OCH3 is 1. The van der Waals surface area contributed by atoms with Gasteiger partial charge in [-0.1, -0.05) is 48.7 Å². The van der Waals surface area contributed by atoms with Crippen molar-refractivity contribution < 1.29 is 55.8 Å². The molecule has 0 heterocycles. The summed E-state index contributed by atoms with van der Waals surface area (Å²) in [5.74, 6) is 0.952. The number of aryl methyl sites for hydroxylation is 1. The van der Waals surface area contributed by atoms with E-state index in [0.29, 0.717) is 0 Å². The summed E-state index contributed by atoms with van der Waals surface area (Å²) in [7, 11) is 1.72. The van der Waals surface area contributed by atoms with Crippen molar-refractivity contribution >= 4 is 0 Å². The van der Waals surface area contributed by atoms with Crippen molar-refractivity contribution in [1.29, 1.82) is 0 Å². The predicted octanol–water partition coefficient (Wildman–Crippen LogP) is -0.960. The molecule has 0 unspecified atom stereocenters. The average Bonchev–Trinajstić information content (AvgIpc) is 3.22. The summed E-state index contributed by atoms with van der Waals surface area (Å²) in [6.45, 7) is 2.16. The Bertz CT molecular complexity index is 754. The van der Waals surface area contributed by atoms with Crippen molar-refractivity contribution in [2.75, 3.05) is 7.11 Å². The van der Waals surface area contributed by atoms with E-state index in [-0.39, 0.29) is 51.0 Å². The molecule has 1 aliphatic rings. The monoisotopic (exact) mass is 448 g/mol. The normalized spacial score (nSPS) is 9.84. The molecule has 3 aromatic rings. The van der Waals surface area contributed by atoms with Gasteiger partial charge in [0.25, 0.3) is 0 Å². The second kappa shape index (κ2) is 11.6. The fourth-order valence-electron chi connectivity index (χ4n) is 2.89. The van der Waals surface area contributed by atoms with Gasteiger partial charge in [-0.15, -0.1) is 11.6 Å². The topological polar surface area (TPSA) is 9.23 Å². The molecule has 0 amide bonds. The van der Waals surface area contributed by atoms with Gasteiger partial charge in [-0.3, -0.25) is 0 Å². The van der Waals surface area contributed by atoms with Crippen LogP contribution in [0.3, 0.4) is 0 Å². The molecule has 1 nitrogen and oxygen atoms in total. The third-order valence-corrected chi connectivity index (χ3v) is 4.05. The van der Waals surface area contributed by atoms with Crippen LogP contribution >= 0.6 is 0 Å². The number of benzene rings is 2. The van der Waals surface area contributed by atoms with Crippen LogP contribution in [0.2, 0.25) is 0 Å². The zero-order valence-corrected chi connectivity index (χ0v) is 18.3. The fraction of sp³-hybridized carbons (Fsp3) is 0.190. The maximum Gasteiger partial charge on any atom is 4.00 e. The van der Waals surface area contributed by atoms with Gasteiger partial charge in [0.2, 0.25) is 0 Å². The first-order chi connectivity index (χ1) is 10.8. The van der Waals surface area contributed by atoms with Crippen LogP contribution in [-0.4, -0.2) is 7.11 Å². The molecule has 0 aliphatic heterocycles. The molecular formula is C21H20Cl2OZr. The summed E-state index contributed by atoms with van der Waals surface area (Å²) < 4.78 is 5.39. The van der Waals surface area contributed by atoms with E-state index in [4.69, 9.17) is 4.74 Å². The van der Waals surface area contributed by atoms with Crippen LogP contribution in [-0.2, 0) is 39.0 Å². The number of fused-ring (bicyclic) bond motifs is 3. The molecule has 0 aromatic heterocycles. The summed E-state index contributed by atoms with van der Waals surface area (Å²) in [5, 5.41) is 0. The Morgan fingerprint density at radius 3 is 2.32 bits per heavy atom. The van der Waals surface area contributed by atoms with Gasteiger partial charge in [0.15, 0.2) is 0 Å². The van der Waals surface area contributed by atoms with Crippen molar-refractivity contribution in [3.05, 3.63) is 83.4 Å². The molecule has 4 heteroatoms. The van der Waals surface area contributed by atoms with Crippen LogP contribution in [0.5, 0.6) is 5.75 Å². The van der Waals surface area contributed by atoms with Crippen molar-refractivity contribution in [1.82, 2.24) is 0 Å². The van der Waals surface area contributed by atoms with Crippen LogP contribution in [0.15, 0.2) is 60.7 Å². The molecule has 128 valence electrons. The Balaban J connectivity index is 0.000000501. The second-order valence-corrected chi connectivity index (χ2v) is 5.38. The summed E-state index contributed by atoms with van der Waals surface area (Å²) in [4.78, 5) is 0. The maximum absolute atomic E-state index is 5.39. The molecule has 0 radical (unpaired) electrons. The van der Waals surface area contributed by atoms with Gasteiger partial charge in [0, 0.05) is 5.75 Å².